The number of halogens is 4. The highest BCUT2D eigenvalue weighted by Crippen LogP contribution is 2.36. The van der Waals surface area contributed by atoms with Crippen LogP contribution in [0.4, 0.5) is 24.7 Å². The van der Waals surface area contributed by atoms with Gasteiger partial charge in [0, 0.05) is 49.6 Å². The van der Waals surface area contributed by atoms with E-state index in [0.717, 1.165) is 23.4 Å². The first-order chi connectivity index (χ1) is 14.2. The number of nitrogens with zero attached hydrogens (tertiary/aromatic N) is 5. The average Bonchev–Trinajstić information content (AvgIpc) is 3.03. The molecular weight excluding hydrogens is 439 g/mol. The first-order valence-corrected chi connectivity index (χ1v) is 10.2. The molecule has 0 radical (unpaired) electrons. The van der Waals surface area contributed by atoms with Gasteiger partial charge < -0.3 is 11.1 Å². The molecule has 0 bridgehead atoms. The Hall–Kier alpha value is -2.26. The molecule has 0 spiro atoms. The molecule has 3 N–H and O–H groups in total. The number of nitrogen functional groups attached to an aromatic ring is 1. The summed E-state index contributed by atoms with van der Waals surface area (Å²) >= 11 is 7.59. The molecule has 2 aliphatic rings. The van der Waals surface area contributed by atoms with Crippen LogP contribution in [0.2, 0.25) is 5.28 Å². The molecule has 0 atom stereocenters. The van der Waals surface area contributed by atoms with Gasteiger partial charge in [-0.05, 0) is 35.4 Å². The first kappa shape index (κ1) is 21.0. The fourth-order valence-electron chi connectivity index (χ4n) is 3.32. The molecule has 1 fully saturated rings. The second-order valence-electron chi connectivity index (χ2n) is 7.13. The highest BCUT2D eigenvalue weighted by atomic mass is 35.5. The molecule has 0 aliphatic carbocycles. The van der Waals surface area contributed by atoms with Gasteiger partial charge in [-0.25, -0.2) is 18.6 Å². The van der Waals surface area contributed by atoms with Gasteiger partial charge in [-0.2, -0.15) is 18.4 Å². The Morgan fingerprint density at radius 1 is 1.23 bits per heavy atom. The van der Waals surface area contributed by atoms with E-state index in [2.05, 4.69) is 30.0 Å². The Labute approximate surface area is 180 Å². The van der Waals surface area contributed by atoms with Gasteiger partial charge in [-0.1, -0.05) is 0 Å². The molecule has 30 heavy (non-hydrogen) atoms. The van der Waals surface area contributed by atoms with Gasteiger partial charge in [-0.3, -0.25) is 0 Å². The third kappa shape index (κ3) is 4.57. The van der Waals surface area contributed by atoms with Crippen molar-refractivity contribution in [1.82, 2.24) is 18.6 Å². The predicted octanol–water partition coefficient (Wildman–Crippen LogP) is 3.68. The number of fused-ring (bicyclic) bond motifs is 1. The number of benzene rings is 1. The minimum Gasteiger partial charge on any atom is -0.399 e. The van der Waals surface area contributed by atoms with Crippen molar-refractivity contribution in [3.63, 3.8) is 0 Å². The molecular formula is C18H17ClF3N7S. The molecule has 7 nitrogen and oxygen atoms in total. The van der Waals surface area contributed by atoms with Crippen molar-refractivity contribution in [2.45, 2.75) is 25.8 Å². The third-order valence-corrected chi connectivity index (χ3v) is 5.98. The van der Waals surface area contributed by atoms with E-state index in [1.165, 1.54) is 6.07 Å². The maximum atomic E-state index is 13.0. The predicted molar refractivity (Wildman–Crippen MR) is 108 cm³/mol. The first-order valence-electron chi connectivity index (χ1n) is 9.04. The number of aromatic nitrogens is 2. The largest absolute Gasteiger partial charge is 0.416 e. The van der Waals surface area contributed by atoms with E-state index in [9.17, 15) is 13.2 Å². The number of hydrogen-bond acceptors (Lipinski definition) is 8. The molecule has 3 heterocycles. The van der Waals surface area contributed by atoms with Gasteiger partial charge >= 0.3 is 6.18 Å². The van der Waals surface area contributed by atoms with Crippen molar-refractivity contribution in [3.8, 4) is 6.07 Å². The number of nitrogens with one attached hydrogen (secondary N) is 1. The summed E-state index contributed by atoms with van der Waals surface area (Å²) in [7, 11) is 0. The molecule has 2 aromatic rings. The van der Waals surface area contributed by atoms with Crippen LogP contribution in [0.3, 0.4) is 0 Å². The molecule has 2 aliphatic heterocycles. The van der Waals surface area contributed by atoms with Crippen molar-refractivity contribution in [1.29, 1.82) is 5.26 Å². The van der Waals surface area contributed by atoms with E-state index in [-0.39, 0.29) is 23.4 Å². The Morgan fingerprint density at radius 2 is 2.00 bits per heavy atom. The van der Waals surface area contributed by atoms with E-state index in [1.807, 2.05) is 0 Å². The van der Waals surface area contributed by atoms with E-state index >= 15 is 0 Å². The van der Waals surface area contributed by atoms with Crippen LogP contribution < -0.4 is 11.1 Å². The van der Waals surface area contributed by atoms with E-state index < -0.39 is 11.7 Å². The van der Waals surface area contributed by atoms with Gasteiger partial charge in [-0.15, -0.1) is 0 Å². The molecule has 158 valence electrons. The summed E-state index contributed by atoms with van der Waals surface area (Å²) in [5.41, 5.74) is 6.89. The van der Waals surface area contributed by atoms with Crippen molar-refractivity contribution in [2.75, 3.05) is 24.1 Å². The van der Waals surface area contributed by atoms with Crippen molar-refractivity contribution < 1.29 is 13.2 Å². The van der Waals surface area contributed by atoms with Crippen molar-refractivity contribution in [2.24, 2.45) is 5.92 Å². The SMILES string of the molecule is N#CC1CN(SN2Cc3nc(Cl)nc(NCc4cc(N)cc(C(F)(F)F)c4)c3C2)C1. The zero-order valence-corrected chi connectivity index (χ0v) is 17.2. The van der Waals surface area contributed by atoms with Gasteiger partial charge in [0.15, 0.2) is 0 Å². The number of rotatable bonds is 5. The smallest absolute Gasteiger partial charge is 0.399 e. The number of nitriles is 1. The highest BCUT2D eigenvalue weighted by molar-refractivity contribution is 7.94. The normalized spacial score (nSPS) is 17.4. The average molecular weight is 456 g/mol. The standard InChI is InChI=1S/C18H17ClF3N7S/c19-17-26-15-9-29(30-28-6-11(4-23)7-28)8-14(15)16(27-17)25-5-10-1-12(18(20,21)22)3-13(24)2-10/h1-3,11H,5-9,24H2,(H,25,26,27). The summed E-state index contributed by atoms with van der Waals surface area (Å²) in [5, 5.41) is 12.0. The Kier molecular flexibility index (Phi) is 5.67. The second kappa shape index (κ2) is 8.11. The Morgan fingerprint density at radius 3 is 2.70 bits per heavy atom. The lowest BCUT2D eigenvalue weighted by atomic mass is 10.1. The zero-order chi connectivity index (χ0) is 21.5. The lowest BCUT2D eigenvalue weighted by molar-refractivity contribution is -0.137. The van der Waals surface area contributed by atoms with Gasteiger partial charge in [0.1, 0.15) is 5.82 Å². The minimum absolute atomic E-state index is 0.0420. The Bertz CT molecular complexity index is 1000. The van der Waals surface area contributed by atoms with Gasteiger partial charge in [0.2, 0.25) is 5.28 Å². The van der Waals surface area contributed by atoms with Crippen LogP contribution in [0.25, 0.3) is 0 Å². The molecule has 0 saturated carbocycles. The van der Waals surface area contributed by atoms with Gasteiger partial charge in [0.25, 0.3) is 0 Å². The zero-order valence-electron chi connectivity index (χ0n) is 15.6. The van der Waals surface area contributed by atoms with Crippen LogP contribution in [0.5, 0.6) is 0 Å². The fourth-order valence-corrected chi connectivity index (χ4v) is 4.69. The summed E-state index contributed by atoms with van der Waals surface area (Å²) < 4.78 is 43.3. The van der Waals surface area contributed by atoms with Crippen LogP contribution in [-0.2, 0) is 25.8 Å². The summed E-state index contributed by atoms with van der Waals surface area (Å²) in [6.07, 6.45) is -4.47. The third-order valence-electron chi connectivity index (χ3n) is 4.79. The molecule has 12 heteroatoms. The minimum atomic E-state index is -4.47. The second-order valence-corrected chi connectivity index (χ2v) is 8.67. The molecule has 1 saturated heterocycles. The summed E-state index contributed by atoms with van der Waals surface area (Å²) in [6, 6.07) is 5.69. The lowest BCUT2D eigenvalue weighted by Gasteiger charge is -2.35. The number of hydrogen-bond donors (Lipinski definition) is 2. The van der Waals surface area contributed by atoms with E-state index in [1.54, 1.807) is 12.1 Å². The Balaban J connectivity index is 1.46. The van der Waals surface area contributed by atoms with Crippen molar-refractivity contribution >= 4 is 35.2 Å². The summed E-state index contributed by atoms with van der Waals surface area (Å²) in [4.78, 5) is 8.51. The topological polar surface area (TPSA) is 94.1 Å². The van der Waals surface area contributed by atoms with Crippen LogP contribution in [0, 0.1) is 17.2 Å². The van der Waals surface area contributed by atoms with E-state index in [4.69, 9.17) is 22.6 Å². The molecule has 0 amide bonds. The summed E-state index contributed by atoms with van der Waals surface area (Å²) in [6.45, 7) is 2.64. The van der Waals surface area contributed by atoms with Crippen LogP contribution in [-0.4, -0.2) is 31.7 Å². The van der Waals surface area contributed by atoms with Crippen LogP contribution in [0.15, 0.2) is 18.2 Å². The highest BCUT2D eigenvalue weighted by Gasteiger charge is 2.33. The van der Waals surface area contributed by atoms with Crippen LogP contribution >= 0.6 is 23.7 Å². The fraction of sp³-hybridized carbons (Fsp3) is 0.389. The number of anilines is 2. The van der Waals surface area contributed by atoms with Crippen molar-refractivity contribution in [3.05, 3.63) is 45.9 Å². The molecule has 0 unspecified atom stereocenters. The number of nitrogens with two attached hydrogens (primary N) is 1. The maximum absolute atomic E-state index is 13.0. The lowest BCUT2D eigenvalue weighted by Crippen LogP contribution is -2.42. The van der Waals surface area contributed by atoms with Crippen LogP contribution in [0.1, 0.15) is 22.4 Å². The van der Waals surface area contributed by atoms with E-state index in [0.29, 0.717) is 37.6 Å². The van der Waals surface area contributed by atoms with Gasteiger partial charge in [0.05, 0.1) is 29.8 Å². The maximum Gasteiger partial charge on any atom is 0.416 e. The monoisotopic (exact) mass is 455 g/mol. The molecule has 4 rings (SSSR count). The number of alkyl halides is 3. The molecule has 1 aromatic carbocycles. The quantitative estimate of drug-likeness (QED) is 0.400. The summed E-state index contributed by atoms with van der Waals surface area (Å²) in [5.74, 6) is 0.552. The molecule has 1 aromatic heterocycles.